The number of aromatic nitrogens is 2. The molecule has 0 unspecified atom stereocenters. The van der Waals surface area contributed by atoms with Crippen LogP contribution in [0.4, 0.5) is 6.01 Å². The molecule has 6 nitrogen and oxygen atoms in total. The van der Waals surface area contributed by atoms with Crippen LogP contribution in [0.25, 0.3) is 0 Å². The molecule has 0 aliphatic carbocycles. The topological polar surface area (TPSA) is 77.2 Å². The van der Waals surface area contributed by atoms with E-state index in [2.05, 4.69) is 15.5 Å². The van der Waals surface area contributed by atoms with Gasteiger partial charge in [0.05, 0.1) is 24.3 Å². The maximum absolute atomic E-state index is 12.1. The first-order chi connectivity index (χ1) is 12.0. The lowest BCUT2D eigenvalue weighted by atomic mass is 10.1. The van der Waals surface area contributed by atoms with E-state index in [0.29, 0.717) is 16.6 Å². The predicted octanol–water partition coefficient (Wildman–Crippen LogP) is 3.87. The van der Waals surface area contributed by atoms with Crippen LogP contribution in [0.3, 0.4) is 0 Å². The SMILES string of the molecule is COc1ccc(CC(=O)Nc2nnc(Cc3ccc(Cl)s3)o2)cc1C. The zero-order valence-corrected chi connectivity index (χ0v) is 15.3. The highest BCUT2D eigenvalue weighted by Crippen LogP contribution is 2.24. The van der Waals surface area contributed by atoms with Crippen molar-refractivity contribution in [2.45, 2.75) is 19.8 Å². The molecule has 25 heavy (non-hydrogen) atoms. The van der Waals surface area contributed by atoms with Gasteiger partial charge in [-0.25, -0.2) is 0 Å². The molecule has 130 valence electrons. The molecule has 0 radical (unpaired) electrons. The number of methoxy groups -OCH3 is 1. The second-order valence-electron chi connectivity index (χ2n) is 5.41. The molecule has 0 aliphatic rings. The van der Waals surface area contributed by atoms with Crippen molar-refractivity contribution in [2.75, 3.05) is 12.4 Å². The van der Waals surface area contributed by atoms with Gasteiger partial charge in [0.25, 0.3) is 0 Å². The Morgan fingerprint density at radius 2 is 2.16 bits per heavy atom. The molecule has 3 aromatic rings. The van der Waals surface area contributed by atoms with E-state index in [1.807, 2.05) is 37.3 Å². The summed E-state index contributed by atoms with van der Waals surface area (Å²) in [6, 6.07) is 9.42. The van der Waals surface area contributed by atoms with E-state index in [1.54, 1.807) is 7.11 Å². The van der Waals surface area contributed by atoms with Gasteiger partial charge in [-0.05, 0) is 36.2 Å². The quantitative estimate of drug-likeness (QED) is 0.705. The number of carbonyl (C=O) groups is 1. The fourth-order valence-corrected chi connectivity index (χ4v) is 3.45. The van der Waals surface area contributed by atoms with Crippen LogP contribution in [-0.2, 0) is 17.6 Å². The van der Waals surface area contributed by atoms with Gasteiger partial charge >= 0.3 is 6.01 Å². The summed E-state index contributed by atoms with van der Waals surface area (Å²) in [7, 11) is 1.62. The van der Waals surface area contributed by atoms with Gasteiger partial charge in [0.15, 0.2) is 0 Å². The molecule has 0 atom stereocenters. The van der Waals surface area contributed by atoms with E-state index in [1.165, 1.54) is 11.3 Å². The number of anilines is 1. The van der Waals surface area contributed by atoms with Gasteiger partial charge in [0.2, 0.25) is 11.8 Å². The molecule has 2 aromatic heterocycles. The fourth-order valence-electron chi connectivity index (χ4n) is 2.37. The van der Waals surface area contributed by atoms with Gasteiger partial charge in [-0.2, -0.15) is 0 Å². The Bertz CT molecular complexity index is 891. The zero-order chi connectivity index (χ0) is 17.8. The standard InChI is InChI=1S/C17H16ClN3O3S/c1-10-7-11(3-5-13(10)23-2)8-15(22)19-17-21-20-16(24-17)9-12-4-6-14(18)25-12/h3-7H,8-9H2,1-2H3,(H,19,21,22). The highest BCUT2D eigenvalue weighted by atomic mass is 35.5. The van der Waals surface area contributed by atoms with E-state index < -0.39 is 0 Å². The molecule has 8 heteroatoms. The third kappa shape index (κ3) is 4.58. The molecule has 0 aliphatic heterocycles. The van der Waals surface area contributed by atoms with Crippen LogP contribution >= 0.6 is 22.9 Å². The number of rotatable bonds is 6. The van der Waals surface area contributed by atoms with E-state index in [4.69, 9.17) is 20.8 Å². The Morgan fingerprint density at radius 1 is 1.32 bits per heavy atom. The van der Waals surface area contributed by atoms with E-state index >= 15 is 0 Å². The number of nitrogens with one attached hydrogen (secondary N) is 1. The van der Waals surface area contributed by atoms with E-state index in [0.717, 1.165) is 21.8 Å². The number of nitrogens with zero attached hydrogens (tertiary/aromatic N) is 2. The van der Waals surface area contributed by atoms with Crippen molar-refractivity contribution in [2.24, 2.45) is 0 Å². The molecule has 2 heterocycles. The monoisotopic (exact) mass is 377 g/mol. The van der Waals surface area contributed by atoms with E-state index in [-0.39, 0.29) is 18.3 Å². The lowest BCUT2D eigenvalue weighted by Gasteiger charge is -2.07. The summed E-state index contributed by atoms with van der Waals surface area (Å²) < 4.78 is 11.4. The average molecular weight is 378 g/mol. The molecule has 0 fully saturated rings. The molecule has 0 spiro atoms. The summed E-state index contributed by atoms with van der Waals surface area (Å²) >= 11 is 7.35. The van der Waals surface area contributed by atoms with Crippen LogP contribution in [-0.4, -0.2) is 23.2 Å². The van der Waals surface area contributed by atoms with Crippen molar-refractivity contribution >= 4 is 34.9 Å². The minimum atomic E-state index is -0.223. The second-order valence-corrected chi connectivity index (χ2v) is 7.21. The van der Waals surface area contributed by atoms with Crippen molar-refractivity contribution in [3.8, 4) is 5.75 Å². The minimum absolute atomic E-state index is 0.0906. The third-order valence-electron chi connectivity index (χ3n) is 3.49. The Morgan fingerprint density at radius 3 is 2.84 bits per heavy atom. The molecule has 1 N–H and O–H groups in total. The Hall–Kier alpha value is -2.38. The van der Waals surface area contributed by atoms with Crippen molar-refractivity contribution in [3.05, 3.63) is 56.6 Å². The summed E-state index contributed by atoms with van der Waals surface area (Å²) in [5, 5.41) is 10.4. The fraction of sp³-hybridized carbons (Fsp3) is 0.235. The maximum Gasteiger partial charge on any atom is 0.322 e. The summed E-state index contributed by atoms with van der Waals surface area (Å²) in [5.41, 5.74) is 1.85. The molecule has 1 aromatic carbocycles. The van der Waals surface area contributed by atoms with Crippen molar-refractivity contribution in [3.63, 3.8) is 0 Å². The summed E-state index contributed by atoms with van der Waals surface area (Å²) in [6.07, 6.45) is 0.695. The zero-order valence-electron chi connectivity index (χ0n) is 13.7. The van der Waals surface area contributed by atoms with E-state index in [9.17, 15) is 4.79 Å². The summed E-state index contributed by atoms with van der Waals surface area (Å²) in [5.74, 6) is 0.993. The number of ether oxygens (including phenoxy) is 1. The van der Waals surface area contributed by atoms with Crippen LogP contribution in [0, 0.1) is 6.92 Å². The van der Waals surface area contributed by atoms with Crippen LogP contribution in [0.15, 0.2) is 34.7 Å². The smallest absolute Gasteiger partial charge is 0.322 e. The lowest BCUT2D eigenvalue weighted by molar-refractivity contribution is -0.115. The third-order valence-corrected chi connectivity index (χ3v) is 4.72. The number of aryl methyl sites for hydroxylation is 1. The number of halogens is 1. The van der Waals surface area contributed by atoms with Gasteiger partial charge in [-0.3, -0.25) is 10.1 Å². The lowest BCUT2D eigenvalue weighted by Crippen LogP contribution is -2.14. The van der Waals surface area contributed by atoms with Crippen LogP contribution < -0.4 is 10.1 Å². The Kier molecular flexibility index (Phi) is 5.35. The van der Waals surface area contributed by atoms with Gasteiger partial charge < -0.3 is 9.15 Å². The second kappa shape index (κ2) is 7.67. The number of thiophene rings is 1. The average Bonchev–Trinajstić information content (AvgIpc) is 3.17. The number of carbonyl (C=O) groups excluding carboxylic acids is 1. The maximum atomic E-state index is 12.1. The first-order valence-corrected chi connectivity index (χ1v) is 8.73. The highest BCUT2D eigenvalue weighted by Gasteiger charge is 2.12. The summed E-state index contributed by atoms with van der Waals surface area (Å²) in [6.45, 7) is 1.93. The van der Waals surface area contributed by atoms with Crippen LogP contribution in [0.2, 0.25) is 4.34 Å². The van der Waals surface area contributed by atoms with Gasteiger partial charge in [0, 0.05) is 4.88 Å². The van der Waals surface area contributed by atoms with Gasteiger partial charge in [0.1, 0.15) is 5.75 Å². The molecule has 0 saturated carbocycles. The first-order valence-electron chi connectivity index (χ1n) is 7.53. The molecule has 3 rings (SSSR count). The predicted molar refractivity (Wildman–Crippen MR) is 96.5 cm³/mol. The minimum Gasteiger partial charge on any atom is -0.496 e. The van der Waals surface area contributed by atoms with Crippen molar-refractivity contribution in [1.82, 2.24) is 10.2 Å². The number of hydrogen-bond donors (Lipinski definition) is 1. The number of hydrogen-bond acceptors (Lipinski definition) is 6. The van der Waals surface area contributed by atoms with Gasteiger partial charge in [-0.1, -0.05) is 28.8 Å². The normalized spacial score (nSPS) is 10.7. The molecule has 0 bridgehead atoms. The van der Waals surface area contributed by atoms with Crippen molar-refractivity contribution < 1.29 is 13.9 Å². The number of amides is 1. The Balaban J connectivity index is 1.58. The molecular weight excluding hydrogens is 362 g/mol. The number of benzene rings is 1. The van der Waals surface area contributed by atoms with Crippen molar-refractivity contribution in [1.29, 1.82) is 0 Å². The summed E-state index contributed by atoms with van der Waals surface area (Å²) in [4.78, 5) is 13.1. The molecule has 0 saturated heterocycles. The first kappa shape index (κ1) is 17.4. The Labute approximate surface area is 153 Å². The van der Waals surface area contributed by atoms with Crippen LogP contribution in [0.1, 0.15) is 21.9 Å². The largest absolute Gasteiger partial charge is 0.496 e. The van der Waals surface area contributed by atoms with Crippen LogP contribution in [0.5, 0.6) is 5.75 Å². The van der Waals surface area contributed by atoms with Gasteiger partial charge in [-0.15, -0.1) is 16.4 Å². The highest BCUT2D eigenvalue weighted by molar-refractivity contribution is 7.16. The molecule has 1 amide bonds. The molecular formula is C17H16ClN3O3S.